The molecular formula is C19H28N4O5S. The summed E-state index contributed by atoms with van der Waals surface area (Å²) in [5.41, 5.74) is -0.230. The fraction of sp³-hybridized carbons (Fsp3) is 0.632. The van der Waals surface area contributed by atoms with E-state index < -0.39 is 21.7 Å². The van der Waals surface area contributed by atoms with Crippen LogP contribution in [0.5, 0.6) is 0 Å². The fourth-order valence-electron chi connectivity index (χ4n) is 3.44. The van der Waals surface area contributed by atoms with Gasteiger partial charge in [0.2, 0.25) is 0 Å². The highest BCUT2D eigenvalue weighted by Gasteiger charge is 2.33. The molecule has 10 heteroatoms. The summed E-state index contributed by atoms with van der Waals surface area (Å²) in [4.78, 5) is 28.2. The average Bonchev–Trinajstić information content (AvgIpc) is 2.64. The normalized spacial score (nSPS) is 21.8. The number of ether oxygens (including phenoxy) is 1. The molecule has 3 rings (SSSR count). The Morgan fingerprint density at radius 2 is 1.93 bits per heavy atom. The summed E-state index contributed by atoms with van der Waals surface area (Å²) in [5.74, 6) is 0.195. The molecule has 2 amide bonds. The molecule has 29 heavy (non-hydrogen) atoms. The Kier molecular flexibility index (Phi) is 6.02. The zero-order valence-corrected chi connectivity index (χ0v) is 17.9. The molecule has 0 bridgehead atoms. The number of allylic oxidation sites excluding steroid dienone is 2. The summed E-state index contributed by atoms with van der Waals surface area (Å²) >= 11 is 0. The average molecular weight is 425 g/mol. The molecule has 0 unspecified atom stereocenters. The van der Waals surface area contributed by atoms with Crippen LogP contribution in [0.2, 0.25) is 0 Å². The van der Waals surface area contributed by atoms with Gasteiger partial charge in [0, 0.05) is 32.4 Å². The molecule has 9 nitrogen and oxygen atoms in total. The fourth-order valence-corrected chi connectivity index (χ4v) is 4.42. The van der Waals surface area contributed by atoms with Crippen molar-refractivity contribution in [3.8, 4) is 0 Å². The van der Waals surface area contributed by atoms with Crippen LogP contribution in [-0.4, -0.2) is 73.6 Å². The van der Waals surface area contributed by atoms with E-state index in [0.717, 1.165) is 12.8 Å². The van der Waals surface area contributed by atoms with Crippen LogP contribution in [0.15, 0.2) is 28.3 Å². The second-order valence-corrected chi connectivity index (χ2v) is 10.2. The Bertz CT molecular complexity index is 862. The Balaban J connectivity index is 1.55. The molecule has 0 aromatic carbocycles. The highest BCUT2D eigenvalue weighted by atomic mass is 32.2. The van der Waals surface area contributed by atoms with Gasteiger partial charge in [-0.05, 0) is 51.7 Å². The summed E-state index contributed by atoms with van der Waals surface area (Å²) in [5, 5.41) is 2.78. The van der Waals surface area contributed by atoms with Gasteiger partial charge in [0.15, 0.2) is 5.84 Å². The van der Waals surface area contributed by atoms with E-state index in [2.05, 4.69) is 9.71 Å². The Hall–Kier alpha value is -2.36. The molecule has 1 fully saturated rings. The zero-order valence-electron chi connectivity index (χ0n) is 17.1. The van der Waals surface area contributed by atoms with Crippen molar-refractivity contribution >= 4 is 27.9 Å². The number of amides is 2. The van der Waals surface area contributed by atoms with Crippen LogP contribution in [0.25, 0.3) is 0 Å². The summed E-state index contributed by atoms with van der Waals surface area (Å²) in [6.45, 7) is 7.32. The number of nitrogens with zero attached hydrogens (tertiary/aromatic N) is 3. The highest BCUT2D eigenvalue weighted by molar-refractivity contribution is 7.90. The van der Waals surface area contributed by atoms with Gasteiger partial charge in [0.1, 0.15) is 5.60 Å². The molecule has 3 heterocycles. The lowest BCUT2D eigenvalue weighted by Gasteiger charge is -2.35. The molecule has 0 saturated carbocycles. The van der Waals surface area contributed by atoms with Crippen molar-refractivity contribution in [3.05, 3.63) is 23.9 Å². The largest absolute Gasteiger partial charge is 0.444 e. The van der Waals surface area contributed by atoms with E-state index in [1.54, 1.807) is 28.2 Å². The quantitative estimate of drug-likeness (QED) is 0.730. The number of piperidine rings is 1. The number of hydrogen-bond donors (Lipinski definition) is 1. The van der Waals surface area contributed by atoms with Gasteiger partial charge in [-0.1, -0.05) is 0 Å². The van der Waals surface area contributed by atoms with E-state index in [0.29, 0.717) is 31.8 Å². The van der Waals surface area contributed by atoms with Crippen LogP contribution in [0, 0.1) is 5.92 Å². The lowest BCUT2D eigenvalue weighted by atomic mass is 9.96. The van der Waals surface area contributed by atoms with E-state index >= 15 is 0 Å². The number of likely N-dealkylation sites (tertiary alicyclic amines) is 1. The molecule has 0 aromatic heterocycles. The van der Waals surface area contributed by atoms with E-state index in [9.17, 15) is 18.0 Å². The predicted molar refractivity (Wildman–Crippen MR) is 109 cm³/mol. The first kappa shape index (κ1) is 21.4. The number of amidine groups is 1. The molecule has 0 atom stereocenters. The molecular weight excluding hydrogens is 396 g/mol. The van der Waals surface area contributed by atoms with Crippen molar-refractivity contribution in [1.29, 1.82) is 0 Å². The summed E-state index contributed by atoms with van der Waals surface area (Å²) in [6.07, 6.45) is 6.15. The van der Waals surface area contributed by atoms with E-state index in [1.807, 2.05) is 20.8 Å². The third kappa shape index (κ3) is 5.59. The molecule has 3 aliphatic heterocycles. The summed E-state index contributed by atoms with van der Waals surface area (Å²) in [7, 11) is -3.54. The first-order valence-electron chi connectivity index (χ1n) is 9.78. The number of carbonyl (C=O) groups is 2. The maximum atomic E-state index is 13.0. The number of rotatable bonds is 3. The van der Waals surface area contributed by atoms with Gasteiger partial charge < -0.3 is 19.9 Å². The second kappa shape index (κ2) is 8.17. The number of sulfonamides is 1. The standard InChI is InChI=1S/C19H28N4O5S/c1-19(2,3)28-18(25)20-13-14-6-9-23(10-7-14)17(24)15-5-4-8-22-11-12-29(26,27)21-16(15)22/h4-5,8,14H,6-7,9-13H2,1-3H3,(H,20,25). The smallest absolute Gasteiger partial charge is 0.407 e. The molecule has 1 saturated heterocycles. The van der Waals surface area contributed by atoms with Gasteiger partial charge in [-0.15, -0.1) is 4.40 Å². The van der Waals surface area contributed by atoms with Crippen LogP contribution in [-0.2, 0) is 19.6 Å². The Labute approximate surface area is 171 Å². The lowest BCUT2D eigenvalue weighted by Crippen LogP contribution is -2.46. The minimum atomic E-state index is -3.54. The number of nitrogens with one attached hydrogen (secondary N) is 1. The third-order valence-corrected chi connectivity index (χ3v) is 6.07. The minimum Gasteiger partial charge on any atom is -0.444 e. The van der Waals surface area contributed by atoms with Gasteiger partial charge >= 0.3 is 6.09 Å². The van der Waals surface area contributed by atoms with E-state index in [1.165, 1.54) is 0 Å². The highest BCUT2D eigenvalue weighted by Crippen LogP contribution is 2.23. The van der Waals surface area contributed by atoms with E-state index in [-0.39, 0.29) is 23.4 Å². The second-order valence-electron chi connectivity index (χ2n) is 8.43. The summed E-state index contributed by atoms with van der Waals surface area (Å²) in [6, 6.07) is 0. The number of alkyl carbamates (subject to hydrolysis) is 1. The third-order valence-electron chi connectivity index (χ3n) is 4.92. The molecule has 0 spiro atoms. The minimum absolute atomic E-state index is 0.0572. The van der Waals surface area contributed by atoms with Gasteiger partial charge in [0.25, 0.3) is 15.9 Å². The van der Waals surface area contributed by atoms with Crippen molar-refractivity contribution in [1.82, 2.24) is 15.1 Å². The van der Waals surface area contributed by atoms with Gasteiger partial charge in [0.05, 0.1) is 11.3 Å². The molecule has 0 aliphatic carbocycles. The Morgan fingerprint density at radius 3 is 2.59 bits per heavy atom. The monoisotopic (exact) mass is 424 g/mol. The zero-order chi connectivity index (χ0) is 21.2. The van der Waals surface area contributed by atoms with Crippen molar-refractivity contribution in [2.24, 2.45) is 10.3 Å². The Morgan fingerprint density at radius 1 is 1.24 bits per heavy atom. The maximum absolute atomic E-state index is 13.0. The first-order valence-corrected chi connectivity index (χ1v) is 11.4. The van der Waals surface area contributed by atoms with E-state index in [4.69, 9.17) is 4.74 Å². The van der Waals surface area contributed by atoms with Crippen molar-refractivity contribution in [2.75, 3.05) is 31.9 Å². The van der Waals surface area contributed by atoms with Crippen LogP contribution in [0.4, 0.5) is 4.79 Å². The molecule has 1 N–H and O–H groups in total. The first-order chi connectivity index (χ1) is 13.5. The van der Waals surface area contributed by atoms with Crippen molar-refractivity contribution in [2.45, 2.75) is 39.2 Å². The maximum Gasteiger partial charge on any atom is 0.407 e. The van der Waals surface area contributed by atoms with Gasteiger partial charge in [-0.2, -0.15) is 0 Å². The van der Waals surface area contributed by atoms with Crippen molar-refractivity contribution < 1.29 is 22.7 Å². The molecule has 0 radical (unpaired) electrons. The molecule has 160 valence electrons. The molecule has 0 aromatic rings. The SMILES string of the molecule is CC(C)(C)OC(=O)NCC1CCN(C(=O)C2=CC=CN3CCS(=O)(=O)N=C23)CC1. The van der Waals surface area contributed by atoms with Crippen LogP contribution >= 0.6 is 0 Å². The van der Waals surface area contributed by atoms with Crippen LogP contribution in [0.3, 0.4) is 0 Å². The van der Waals surface area contributed by atoms with Crippen LogP contribution < -0.4 is 5.32 Å². The number of hydrogen-bond acceptors (Lipinski definition) is 6. The van der Waals surface area contributed by atoms with Crippen LogP contribution in [0.1, 0.15) is 33.6 Å². The topological polar surface area (TPSA) is 108 Å². The number of fused-ring (bicyclic) bond motifs is 1. The predicted octanol–water partition coefficient (Wildman–Crippen LogP) is 1.25. The van der Waals surface area contributed by atoms with Gasteiger partial charge in [-0.3, -0.25) is 4.79 Å². The lowest BCUT2D eigenvalue weighted by molar-refractivity contribution is -0.128. The van der Waals surface area contributed by atoms with Crippen molar-refractivity contribution in [3.63, 3.8) is 0 Å². The molecule has 3 aliphatic rings. The number of carbonyl (C=O) groups excluding carboxylic acids is 2. The summed E-state index contributed by atoms with van der Waals surface area (Å²) < 4.78 is 32.8. The van der Waals surface area contributed by atoms with Gasteiger partial charge in [-0.25, -0.2) is 13.2 Å².